The van der Waals surface area contributed by atoms with Crippen molar-refractivity contribution in [3.63, 3.8) is 0 Å². The first-order chi connectivity index (χ1) is 26.0. The molecule has 2 aromatic carbocycles. The van der Waals surface area contributed by atoms with E-state index in [-0.39, 0.29) is 68.3 Å². The van der Waals surface area contributed by atoms with E-state index in [1.807, 2.05) is 90.1 Å². The molecule has 0 aliphatic rings. The Balaban J connectivity index is 0. The molecule has 8 N–H and O–H groups in total. The van der Waals surface area contributed by atoms with Gasteiger partial charge in [0, 0.05) is 23.4 Å². The molecule has 5 aromatic rings. The molecule has 57 heavy (non-hydrogen) atoms. The van der Waals surface area contributed by atoms with Crippen molar-refractivity contribution in [1.82, 2.24) is 19.9 Å². The summed E-state index contributed by atoms with van der Waals surface area (Å²) >= 11 is 11.2. The van der Waals surface area contributed by atoms with Crippen molar-refractivity contribution in [3.8, 4) is 40.3 Å². The third-order valence-corrected chi connectivity index (χ3v) is 8.00. The zero-order valence-electron chi connectivity index (χ0n) is 33.1. The fourth-order valence-corrected chi connectivity index (χ4v) is 5.57. The zero-order valence-corrected chi connectivity index (χ0v) is 37.5. The average molecular weight is 851 g/mol. The van der Waals surface area contributed by atoms with Crippen molar-refractivity contribution in [2.75, 3.05) is 24.8 Å². The maximum atomic E-state index is 11.5. The van der Waals surface area contributed by atoms with Gasteiger partial charge in [-0.05, 0) is 97.0 Å². The molecule has 0 unspecified atom stereocenters. The number of rotatable bonds is 8. The Bertz CT molecular complexity index is 2090. The van der Waals surface area contributed by atoms with E-state index in [0.717, 1.165) is 34.0 Å². The number of halogens is 1. The van der Waals surface area contributed by atoms with Gasteiger partial charge >= 0.3 is 29.6 Å². The van der Waals surface area contributed by atoms with Crippen LogP contribution in [0, 0.1) is 29.8 Å². The number of hydrogen-bond donors (Lipinski definition) is 5. The first kappa shape index (κ1) is 54.9. The number of ether oxygens (including phenoxy) is 2. The van der Waals surface area contributed by atoms with Gasteiger partial charge in [0.25, 0.3) is 5.91 Å². The van der Waals surface area contributed by atoms with Crippen LogP contribution in [0.4, 0.5) is 5.69 Å². The number of carbonyl (C=O) groups excluding carboxylic acids is 2. The summed E-state index contributed by atoms with van der Waals surface area (Å²) in [7, 11) is 0. The molecule has 0 saturated carbocycles. The van der Waals surface area contributed by atoms with Crippen LogP contribution < -0.4 is 61.3 Å². The van der Waals surface area contributed by atoms with E-state index in [2.05, 4.69) is 31.7 Å². The first-order valence-electron chi connectivity index (χ1n) is 16.9. The number of anilines is 1. The number of thiophene rings is 1. The summed E-state index contributed by atoms with van der Waals surface area (Å²) in [6, 6.07) is 17.2. The molecule has 18 heteroatoms. The Morgan fingerprint density at radius 3 is 1.77 bits per heavy atom. The number of nitrogen functional groups attached to an aromatic ring is 1. The Hall–Kier alpha value is -4.18. The Morgan fingerprint density at radius 1 is 0.965 bits per heavy atom. The number of aromatic amines is 1. The first-order valence-corrected chi connectivity index (χ1v) is 18.7. The van der Waals surface area contributed by atoms with E-state index in [4.69, 9.17) is 60.2 Å². The largest absolute Gasteiger partial charge is 1.00 e. The Morgan fingerprint density at radius 2 is 1.40 bits per heavy atom. The number of benzene rings is 2. The maximum absolute atomic E-state index is 11.5. The van der Waals surface area contributed by atoms with Crippen molar-refractivity contribution in [1.29, 1.82) is 5.26 Å². The van der Waals surface area contributed by atoms with Crippen molar-refractivity contribution in [2.24, 2.45) is 11.5 Å². The summed E-state index contributed by atoms with van der Waals surface area (Å²) in [6.07, 6.45) is 0.258. The number of alkyl halides is 1. The number of aliphatic hydroxyl groups is 1. The number of fused-ring (bicyclic) bond motifs is 1. The molecule has 0 atom stereocenters. The normalized spacial score (nSPS) is 9.61. The van der Waals surface area contributed by atoms with E-state index in [1.54, 1.807) is 13.8 Å². The van der Waals surface area contributed by atoms with Gasteiger partial charge in [-0.3, -0.25) is 9.59 Å². The second-order valence-corrected chi connectivity index (χ2v) is 13.3. The standard InChI is InChI=1S/C17H18N4O2S.C15H15N3OS.C2H4ClNO.C2H6O.C2H5O.CH4.Na/c1-8(2)23-11-6-4-10(5-7-11)16-20-9(3)12-13(18)14(15(19)22)24-17(12)21-16;1-9(2)19-12-6-4-11(5-7-12)14-17-10(3)13(8-16)15(20)18-14;3-1-2(4)5;2*1-2-3;;/h4-8H,18H2,1-3H3,(H2,19,22);4-7,9H,1-3H3,(H,17,18,20);1H2,(H2,4,5);3H,2H2,1H3;2H2,1H3;1H4;/q;;;;-1;;+1. The molecule has 5 rings (SSSR count). The number of nitrogens with zero attached hydrogens (tertiary/aromatic N) is 4. The fourth-order valence-electron chi connectivity index (χ4n) is 4.28. The second kappa shape index (κ2) is 28.3. The predicted octanol–water partition coefficient (Wildman–Crippen LogP) is 3.62. The van der Waals surface area contributed by atoms with Crippen LogP contribution in [-0.4, -0.2) is 68.2 Å². The number of aromatic nitrogens is 4. The number of nitrogens with two attached hydrogens (primary N) is 3. The summed E-state index contributed by atoms with van der Waals surface area (Å²) in [5.74, 6) is 1.73. The van der Waals surface area contributed by atoms with Crippen LogP contribution in [0.2, 0.25) is 0 Å². The van der Waals surface area contributed by atoms with Gasteiger partial charge in [-0.2, -0.15) is 5.26 Å². The molecule has 0 bridgehead atoms. The number of H-pyrrole nitrogens is 1. The molecule has 0 fully saturated rings. The summed E-state index contributed by atoms with van der Waals surface area (Å²) < 4.78 is 11.6. The molecular formula is C39H52ClN8NaO6S2. The number of primary amides is 2. The van der Waals surface area contributed by atoms with Crippen molar-refractivity contribution < 1.29 is 58.8 Å². The topological polar surface area (TPSA) is 252 Å². The number of nitriles is 1. The molecule has 0 aliphatic carbocycles. The molecule has 3 aromatic heterocycles. The van der Waals surface area contributed by atoms with E-state index >= 15 is 0 Å². The molecule has 304 valence electrons. The summed E-state index contributed by atoms with van der Waals surface area (Å²) in [4.78, 5) is 38.3. The predicted molar refractivity (Wildman–Crippen MR) is 226 cm³/mol. The fraction of sp³-hybridized carbons (Fsp3) is 0.359. The van der Waals surface area contributed by atoms with Gasteiger partial charge < -0.3 is 41.9 Å². The maximum Gasteiger partial charge on any atom is 1.00 e. The number of amides is 2. The van der Waals surface area contributed by atoms with Crippen LogP contribution in [0.3, 0.4) is 0 Å². The summed E-state index contributed by atoms with van der Waals surface area (Å²) in [5.41, 5.74) is 19.9. The molecule has 0 radical (unpaired) electrons. The molecule has 14 nitrogen and oxygen atoms in total. The number of aliphatic hydroxyl groups excluding tert-OH is 1. The smallest absolute Gasteiger partial charge is 0.855 e. The molecule has 3 heterocycles. The Kier molecular flexibility index (Phi) is 27.2. The average Bonchev–Trinajstić information content (AvgIpc) is 3.46. The van der Waals surface area contributed by atoms with Gasteiger partial charge in [-0.15, -0.1) is 29.5 Å². The van der Waals surface area contributed by atoms with Crippen molar-refractivity contribution >= 4 is 62.9 Å². The van der Waals surface area contributed by atoms with Crippen LogP contribution in [0.25, 0.3) is 33.0 Å². The van der Waals surface area contributed by atoms with Gasteiger partial charge in [0.1, 0.15) is 49.2 Å². The molecule has 0 saturated heterocycles. The number of aryl methyl sites for hydroxylation is 2. The van der Waals surface area contributed by atoms with Gasteiger partial charge in [-0.25, -0.2) is 15.0 Å². The van der Waals surface area contributed by atoms with E-state index in [0.29, 0.717) is 42.6 Å². The van der Waals surface area contributed by atoms with Crippen LogP contribution in [0.1, 0.15) is 75.6 Å². The van der Waals surface area contributed by atoms with E-state index < -0.39 is 11.8 Å². The van der Waals surface area contributed by atoms with Gasteiger partial charge in [0.15, 0.2) is 5.82 Å². The number of nitrogens with one attached hydrogen (secondary N) is 1. The Labute approximate surface area is 371 Å². The van der Waals surface area contributed by atoms with Crippen LogP contribution in [-0.2, 0) is 4.79 Å². The quantitative estimate of drug-likeness (QED) is 0.0853. The minimum Gasteiger partial charge on any atom is -0.855 e. The van der Waals surface area contributed by atoms with E-state index in [9.17, 15) is 9.59 Å². The number of carbonyl (C=O) groups is 2. The van der Waals surface area contributed by atoms with Crippen LogP contribution >= 0.6 is 35.2 Å². The summed E-state index contributed by atoms with van der Waals surface area (Å²) in [6.45, 7) is 15.1. The van der Waals surface area contributed by atoms with Gasteiger partial charge in [-0.1, -0.05) is 26.6 Å². The third-order valence-electron chi connectivity index (χ3n) is 6.33. The zero-order chi connectivity index (χ0) is 41.8. The van der Waals surface area contributed by atoms with Crippen LogP contribution in [0.15, 0.2) is 48.5 Å². The molecule has 0 spiro atoms. The molecule has 2 amide bonds. The van der Waals surface area contributed by atoms with Crippen molar-refractivity contribution in [3.05, 3.63) is 75.0 Å². The minimum absolute atomic E-state index is 0. The van der Waals surface area contributed by atoms with Gasteiger partial charge in [0.2, 0.25) is 5.91 Å². The SMILES string of the molecule is C.CCO.CC[O-].Cc1[nH]c(-c2ccc(OC(C)C)cc2)nc(=S)c1C#N.Cc1nc(-c2ccc(OC(C)C)cc2)nc2sc(C(N)=O)c(N)c12.NC(=O)CCl.[Na+]. The van der Waals surface area contributed by atoms with E-state index in [1.165, 1.54) is 11.3 Å². The van der Waals surface area contributed by atoms with Gasteiger partial charge in [0.05, 0.1) is 29.0 Å². The van der Waals surface area contributed by atoms with Crippen molar-refractivity contribution in [2.45, 2.75) is 75.0 Å². The third kappa shape index (κ3) is 18.3. The second-order valence-electron chi connectivity index (χ2n) is 11.6. The summed E-state index contributed by atoms with van der Waals surface area (Å²) in [5, 5.41) is 26.2. The minimum atomic E-state index is -0.549. The molecular weight excluding hydrogens is 799 g/mol. The van der Waals surface area contributed by atoms with Crippen LogP contribution in [0.5, 0.6) is 11.5 Å². The molecule has 0 aliphatic heterocycles. The monoisotopic (exact) mass is 850 g/mol. The number of hydrogen-bond acceptors (Lipinski definition) is 13.